The fraction of sp³-hybridized carbons (Fsp3) is 0.345. The number of nitrogens with one attached hydrogen (secondary N) is 1. The highest BCUT2D eigenvalue weighted by Crippen LogP contribution is 2.45. The monoisotopic (exact) mass is 488 g/mol. The van der Waals surface area contributed by atoms with Gasteiger partial charge in [-0.1, -0.05) is 42.0 Å². The van der Waals surface area contributed by atoms with Gasteiger partial charge in [0.15, 0.2) is 0 Å². The number of benzene rings is 2. The minimum absolute atomic E-state index is 0.00737. The van der Waals surface area contributed by atoms with Gasteiger partial charge in [0, 0.05) is 41.2 Å². The maximum absolute atomic E-state index is 12.2. The van der Waals surface area contributed by atoms with Crippen LogP contribution in [0.25, 0.3) is 21.7 Å². The van der Waals surface area contributed by atoms with Gasteiger partial charge < -0.3 is 30.4 Å². The number of hydrogen-bond acceptors (Lipinski definition) is 6. The lowest BCUT2D eigenvalue weighted by molar-refractivity contribution is 0.0698. The predicted octanol–water partition coefficient (Wildman–Crippen LogP) is 5.56. The van der Waals surface area contributed by atoms with Crippen LogP contribution in [0.4, 0.5) is 0 Å². The highest BCUT2D eigenvalue weighted by molar-refractivity contribution is 6.15. The third kappa shape index (κ3) is 4.76. The number of aromatic hydroxyl groups is 1. The summed E-state index contributed by atoms with van der Waals surface area (Å²) >= 11 is 0. The van der Waals surface area contributed by atoms with E-state index in [9.17, 15) is 15.0 Å². The molecule has 2 aromatic carbocycles. The Bertz CT molecular complexity index is 1390. The summed E-state index contributed by atoms with van der Waals surface area (Å²) in [6, 6.07) is 6.77. The SMILES string of the molecule is CC1=CC=C(C(NCCN)c2c(O)c3ccccc3c3occ(C(=O)O)c23)C=C(OCC2CC2)CC1. The standard InChI is InChI=1S/C29H32N2O5/c1-17-6-10-19(14-20(11-7-17)35-15-18-8-9-18)26(31-13-12-30)25-24-23(29(33)34)16-36-28(24)22-5-3-2-4-21(22)27(25)32/h2-6,10,14,16,18,26,31-32H,7-9,11-13,15,30H2,1H3,(H,33,34). The van der Waals surface area contributed by atoms with E-state index < -0.39 is 12.0 Å². The van der Waals surface area contributed by atoms with Crippen molar-refractivity contribution in [2.24, 2.45) is 11.7 Å². The summed E-state index contributed by atoms with van der Waals surface area (Å²) in [5.74, 6) is 0.421. The number of fused-ring (bicyclic) bond motifs is 3. The smallest absolute Gasteiger partial charge is 0.339 e. The van der Waals surface area contributed by atoms with Crippen molar-refractivity contribution in [3.8, 4) is 5.75 Å². The van der Waals surface area contributed by atoms with E-state index in [4.69, 9.17) is 14.9 Å². The summed E-state index contributed by atoms with van der Waals surface area (Å²) in [6.07, 6.45) is 11.5. The molecular weight excluding hydrogens is 456 g/mol. The fourth-order valence-electron chi connectivity index (χ4n) is 4.78. The Balaban J connectivity index is 1.73. The third-order valence-electron chi connectivity index (χ3n) is 6.94. The molecule has 1 aromatic heterocycles. The molecule has 1 atom stereocenters. The number of aromatic carboxylic acids is 1. The molecule has 0 spiro atoms. The van der Waals surface area contributed by atoms with Crippen molar-refractivity contribution in [2.45, 2.75) is 38.6 Å². The molecule has 188 valence electrons. The highest BCUT2D eigenvalue weighted by Gasteiger charge is 2.29. The number of phenolic OH excluding ortho intramolecular Hbond substituents is 1. The van der Waals surface area contributed by atoms with Gasteiger partial charge in [-0.15, -0.1) is 0 Å². The molecule has 3 aromatic rings. The lowest BCUT2D eigenvalue weighted by Crippen LogP contribution is -2.29. The van der Waals surface area contributed by atoms with Crippen molar-refractivity contribution >= 4 is 27.7 Å². The zero-order valence-corrected chi connectivity index (χ0v) is 20.4. The van der Waals surface area contributed by atoms with Crippen LogP contribution in [0.1, 0.15) is 54.6 Å². The Kier molecular flexibility index (Phi) is 6.85. The van der Waals surface area contributed by atoms with Crippen molar-refractivity contribution in [3.05, 3.63) is 76.8 Å². The predicted molar refractivity (Wildman–Crippen MR) is 140 cm³/mol. The average molecular weight is 489 g/mol. The van der Waals surface area contributed by atoms with E-state index in [0.717, 1.165) is 24.2 Å². The fourth-order valence-corrected chi connectivity index (χ4v) is 4.78. The molecule has 5 rings (SSSR count). The Morgan fingerprint density at radius 2 is 2.00 bits per heavy atom. The molecule has 1 fully saturated rings. The van der Waals surface area contributed by atoms with E-state index in [0.29, 0.717) is 52.9 Å². The van der Waals surface area contributed by atoms with Crippen LogP contribution < -0.4 is 11.1 Å². The van der Waals surface area contributed by atoms with Gasteiger partial charge in [0.05, 0.1) is 18.4 Å². The number of nitrogens with two attached hydrogens (primary N) is 1. The van der Waals surface area contributed by atoms with Crippen LogP contribution in [0, 0.1) is 5.92 Å². The molecule has 5 N–H and O–H groups in total. The maximum atomic E-state index is 12.2. The third-order valence-corrected chi connectivity index (χ3v) is 6.94. The van der Waals surface area contributed by atoms with Crippen LogP contribution in [-0.2, 0) is 4.74 Å². The number of rotatable bonds is 9. The highest BCUT2D eigenvalue weighted by atomic mass is 16.5. The van der Waals surface area contributed by atoms with Crippen LogP contribution >= 0.6 is 0 Å². The second kappa shape index (κ2) is 10.2. The second-order valence-electron chi connectivity index (χ2n) is 9.69. The number of ether oxygens (including phenoxy) is 1. The van der Waals surface area contributed by atoms with Gasteiger partial charge in [-0.2, -0.15) is 0 Å². The molecule has 0 aliphatic heterocycles. The molecule has 7 heteroatoms. The Morgan fingerprint density at radius 1 is 1.22 bits per heavy atom. The van der Waals surface area contributed by atoms with Crippen LogP contribution in [-0.4, -0.2) is 35.9 Å². The lowest BCUT2D eigenvalue weighted by Gasteiger charge is -2.25. The normalized spacial score (nSPS) is 17.2. The molecule has 1 unspecified atom stereocenters. The second-order valence-corrected chi connectivity index (χ2v) is 9.69. The topological polar surface area (TPSA) is 118 Å². The molecular formula is C29H32N2O5. The zero-order valence-electron chi connectivity index (χ0n) is 20.4. The summed E-state index contributed by atoms with van der Waals surface area (Å²) in [7, 11) is 0. The molecule has 2 aliphatic rings. The van der Waals surface area contributed by atoms with Crippen LogP contribution in [0.3, 0.4) is 0 Å². The summed E-state index contributed by atoms with van der Waals surface area (Å²) in [4.78, 5) is 12.2. The van der Waals surface area contributed by atoms with E-state index in [1.807, 2.05) is 36.4 Å². The van der Waals surface area contributed by atoms with Gasteiger partial charge in [0.25, 0.3) is 0 Å². The minimum Gasteiger partial charge on any atom is -0.507 e. The molecule has 1 saturated carbocycles. The number of furan rings is 1. The first-order chi connectivity index (χ1) is 17.5. The molecule has 0 saturated heterocycles. The first-order valence-electron chi connectivity index (χ1n) is 12.5. The number of carboxylic acids is 1. The molecule has 1 heterocycles. The van der Waals surface area contributed by atoms with Crippen molar-refractivity contribution < 1.29 is 24.2 Å². The van der Waals surface area contributed by atoms with E-state index in [2.05, 4.69) is 18.3 Å². The molecule has 2 aliphatic carbocycles. The summed E-state index contributed by atoms with van der Waals surface area (Å²) < 4.78 is 12.0. The lowest BCUT2D eigenvalue weighted by atomic mass is 9.88. The molecule has 0 amide bonds. The number of hydrogen-bond donors (Lipinski definition) is 4. The summed E-state index contributed by atoms with van der Waals surface area (Å²) in [6.45, 7) is 3.64. The van der Waals surface area contributed by atoms with Crippen LogP contribution in [0.5, 0.6) is 5.75 Å². The van der Waals surface area contributed by atoms with E-state index in [-0.39, 0.29) is 11.3 Å². The first kappa shape index (κ1) is 24.2. The van der Waals surface area contributed by atoms with Gasteiger partial charge in [0.2, 0.25) is 0 Å². The van der Waals surface area contributed by atoms with Gasteiger partial charge in [0.1, 0.15) is 23.2 Å². The molecule has 0 bridgehead atoms. The van der Waals surface area contributed by atoms with Crippen LogP contribution in [0.15, 0.2) is 70.1 Å². The minimum atomic E-state index is -1.12. The van der Waals surface area contributed by atoms with E-state index in [1.165, 1.54) is 24.7 Å². The summed E-state index contributed by atoms with van der Waals surface area (Å²) in [5.41, 5.74) is 8.84. The largest absolute Gasteiger partial charge is 0.507 e. The number of carbonyl (C=O) groups is 1. The van der Waals surface area contributed by atoms with Gasteiger partial charge in [-0.05, 0) is 43.8 Å². The first-order valence-corrected chi connectivity index (χ1v) is 12.5. The summed E-state index contributed by atoms with van der Waals surface area (Å²) in [5, 5.41) is 26.7. The van der Waals surface area contributed by atoms with Gasteiger partial charge >= 0.3 is 5.97 Å². The average Bonchev–Trinajstić information content (AvgIpc) is 3.59. The van der Waals surface area contributed by atoms with Crippen molar-refractivity contribution in [3.63, 3.8) is 0 Å². The van der Waals surface area contributed by atoms with Gasteiger partial charge in [-0.25, -0.2) is 4.79 Å². The quantitative estimate of drug-likeness (QED) is 0.312. The number of phenols is 1. The van der Waals surface area contributed by atoms with Gasteiger partial charge in [-0.3, -0.25) is 0 Å². The Hall–Kier alpha value is -3.55. The number of allylic oxidation sites excluding steroid dienone is 4. The Morgan fingerprint density at radius 3 is 2.72 bits per heavy atom. The van der Waals surface area contributed by atoms with Crippen LogP contribution in [0.2, 0.25) is 0 Å². The molecule has 7 nitrogen and oxygen atoms in total. The maximum Gasteiger partial charge on any atom is 0.339 e. The van der Waals surface area contributed by atoms with E-state index in [1.54, 1.807) is 0 Å². The molecule has 36 heavy (non-hydrogen) atoms. The Labute approximate surface area is 209 Å². The number of carboxylic acid groups (broad SMARTS) is 1. The van der Waals surface area contributed by atoms with E-state index >= 15 is 0 Å². The van der Waals surface area contributed by atoms with Crippen molar-refractivity contribution in [2.75, 3.05) is 19.7 Å². The zero-order chi connectivity index (χ0) is 25.2. The van der Waals surface area contributed by atoms with Crippen molar-refractivity contribution in [1.82, 2.24) is 5.32 Å². The molecule has 0 radical (unpaired) electrons. The van der Waals surface area contributed by atoms with Crippen molar-refractivity contribution in [1.29, 1.82) is 0 Å².